The van der Waals surface area contributed by atoms with Gasteiger partial charge in [0.25, 0.3) is 0 Å². The Labute approximate surface area is 151 Å². The molecule has 2 aromatic carbocycles. The Hall–Kier alpha value is -3.41. The zero-order valence-corrected chi connectivity index (χ0v) is 14.3. The molecule has 6 nitrogen and oxygen atoms in total. The quantitative estimate of drug-likeness (QED) is 0.677. The zero-order valence-electron chi connectivity index (χ0n) is 14.3. The van der Waals surface area contributed by atoms with Crippen LogP contribution in [0.1, 0.15) is 27.3 Å². The zero-order chi connectivity index (χ0) is 18.4. The van der Waals surface area contributed by atoms with Gasteiger partial charge in [-0.2, -0.15) is 0 Å². The maximum atomic E-state index is 11.4. The van der Waals surface area contributed by atoms with Crippen molar-refractivity contribution >= 4 is 11.8 Å². The number of nitrogens with one attached hydrogen (secondary N) is 1. The number of anilines is 1. The van der Waals surface area contributed by atoms with Crippen LogP contribution in [0.15, 0.2) is 60.8 Å². The number of nitrogens with zero attached hydrogens (tertiary/aromatic N) is 2. The number of rotatable bonds is 7. The van der Waals surface area contributed by atoms with Crippen molar-refractivity contribution in [1.82, 2.24) is 9.97 Å². The molecule has 1 heterocycles. The van der Waals surface area contributed by atoms with Crippen LogP contribution < -0.4 is 10.1 Å². The molecule has 26 heavy (non-hydrogen) atoms. The first-order valence-electron chi connectivity index (χ1n) is 8.18. The van der Waals surface area contributed by atoms with Crippen LogP contribution in [0.4, 0.5) is 5.82 Å². The van der Waals surface area contributed by atoms with Gasteiger partial charge in [0.15, 0.2) is 5.82 Å². The van der Waals surface area contributed by atoms with Gasteiger partial charge in [0.2, 0.25) is 0 Å². The summed E-state index contributed by atoms with van der Waals surface area (Å²) in [6, 6.07) is 17.3. The molecular weight excluding hydrogens is 330 g/mol. The summed E-state index contributed by atoms with van der Waals surface area (Å²) in [6.07, 6.45) is 1.30. The fraction of sp³-hybridized carbons (Fsp3) is 0.150. The molecule has 0 aliphatic carbocycles. The van der Waals surface area contributed by atoms with E-state index in [1.165, 1.54) is 6.20 Å². The smallest absolute Gasteiger partial charge is 0.341 e. The standard InChI is InChI=1S/C20H19N3O3/c1-14-7-9-16(10-8-14)26-13-18-21-12-17(20(24)25)19(23-18)22-11-15-5-3-2-4-6-15/h2-10,12H,11,13H2,1H3,(H,24,25)(H,21,22,23). The van der Waals surface area contributed by atoms with E-state index in [1.807, 2.05) is 61.5 Å². The Kier molecular flexibility index (Phi) is 5.43. The molecule has 3 rings (SSSR count). The monoisotopic (exact) mass is 349 g/mol. The number of carboxylic acid groups (broad SMARTS) is 1. The van der Waals surface area contributed by atoms with Gasteiger partial charge in [-0.3, -0.25) is 0 Å². The third-order valence-electron chi connectivity index (χ3n) is 3.76. The average molecular weight is 349 g/mol. The van der Waals surface area contributed by atoms with Crippen molar-refractivity contribution in [1.29, 1.82) is 0 Å². The van der Waals surface area contributed by atoms with E-state index in [0.29, 0.717) is 18.1 Å². The van der Waals surface area contributed by atoms with Gasteiger partial charge in [-0.15, -0.1) is 0 Å². The molecule has 0 unspecified atom stereocenters. The highest BCUT2D eigenvalue weighted by Crippen LogP contribution is 2.16. The van der Waals surface area contributed by atoms with E-state index in [4.69, 9.17) is 4.74 Å². The molecule has 2 N–H and O–H groups in total. The molecule has 6 heteroatoms. The van der Waals surface area contributed by atoms with Crippen LogP contribution in [0.2, 0.25) is 0 Å². The topological polar surface area (TPSA) is 84.3 Å². The molecular formula is C20H19N3O3. The van der Waals surface area contributed by atoms with E-state index >= 15 is 0 Å². The summed E-state index contributed by atoms with van der Waals surface area (Å²) in [5.41, 5.74) is 2.20. The summed E-state index contributed by atoms with van der Waals surface area (Å²) in [5.74, 6) is 0.317. The predicted molar refractivity (Wildman–Crippen MR) is 98.3 cm³/mol. The van der Waals surface area contributed by atoms with E-state index in [2.05, 4.69) is 15.3 Å². The fourth-order valence-corrected chi connectivity index (χ4v) is 2.34. The van der Waals surface area contributed by atoms with E-state index < -0.39 is 5.97 Å². The van der Waals surface area contributed by atoms with Crippen molar-refractivity contribution in [2.45, 2.75) is 20.1 Å². The second-order valence-electron chi connectivity index (χ2n) is 5.79. The number of carbonyl (C=O) groups is 1. The van der Waals surface area contributed by atoms with Crippen molar-refractivity contribution in [3.8, 4) is 5.75 Å². The molecule has 0 saturated carbocycles. The van der Waals surface area contributed by atoms with E-state index in [0.717, 1.165) is 11.1 Å². The average Bonchev–Trinajstić information content (AvgIpc) is 2.66. The number of aromatic carboxylic acids is 1. The van der Waals surface area contributed by atoms with Crippen molar-refractivity contribution in [3.05, 3.63) is 83.3 Å². The molecule has 0 atom stereocenters. The Morgan fingerprint density at radius 1 is 1.12 bits per heavy atom. The lowest BCUT2D eigenvalue weighted by molar-refractivity contribution is 0.0697. The molecule has 0 aliphatic rings. The van der Waals surface area contributed by atoms with Gasteiger partial charge >= 0.3 is 5.97 Å². The first-order valence-corrected chi connectivity index (χ1v) is 8.18. The number of carboxylic acids is 1. The molecule has 0 saturated heterocycles. The van der Waals surface area contributed by atoms with E-state index in [9.17, 15) is 9.90 Å². The SMILES string of the molecule is Cc1ccc(OCc2ncc(C(=O)O)c(NCc3ccccc3)n2)cc1. The molecule has 132 valence electrons. The van der Waals surface area contributed by atoms with Crippen molar-refractivity contribution < 1.29 is 14.6 Å². The van der Waals surface area contributed by atoms with Crippen LogP contribution in [0.3, 0.4) is 0 Å². The maximum Gasteiger partial charge on any atom is 0.341 e. The normalized spacial score (nSPS) is 10.3. The van der Waals surface area contributed by atoms with Gasteiger partial charge in [-0.05, 0) is 24.6 Å². The maximum absolute atomic E-state index is 11.4. The minimum absolute atomic E-state index is 0.0278. The first-order chi connectivity index (χ1) is 12.6. The molecule has 0 spiro atoms. The number of hydrogen-bond acceptors (Lipinski definition) is 5. The third kappa shape index (κ3) is 4.57. The van der Waals surface area contributed by atoms with Crippen LogP contribution in [0.5, 0.6) is 5.75 Å². The van der Waals surface area contributed by atoms with Crippen LogP contribution in [0, 0.1) is 6.92 Å². The number of aryl methyl sites for hydroxylation is 1. The number of ether oxygens (including phenoxy) is 1. The minimum atomic E-state index is -1.08. The van der Waals surface area contributed by atoms with Crippen molar-refractivity contribution in [2.75, 3.05) is 5.32 Å². The van der Waals surface area contributed by atoms with Crippen LogP contribution in [0.25, 0.3) is 0 Å². The second-order valence-corrected chi connectivity index (χ2v) is 5.79. The number of benzene rings is 2. The lowest BCUT2D eigenvalue weighted by atomic mass is 10.2. The Balaban J connectivity index is 1.72. The highest BCUT2D eigenvalue weighted by molar-refractivity contribution is 5.92. The molecule has 0 amide bonds. The van der Waals surface area contributed by atoms with Gasteiger partial charge in [0, 0.05) is 12.7 Å². The minimum Gasteiger partial charge on any atom is -0.486 e. The predicted octanol–water partition coefficient (Wildman–Crippen LogP) is 3.67. The van der Waals surface area contributed by atoms with Crippen LogP contribution >= 0.6 is 0 Å². The summed E-state index contributed by atoms with van der Waals surface area (Å²) in [4.78, 5) is 19.8. The Morgan fingerprint density at radius 3 is 2.54 bits per heavy atom. The largest absolute Gasteiger partial charge is 0.486 e. The van der Waals surface area contributed by atoms with Gasteiger partial charge in [-0.1, -0.05) is 48.0 Å². The molecule has 0 radical (unpaired) electrons. The molecule has 1 aromatic heterocycles. The first kappa shape index (κ1) is 17.4. The molecule has 0 fully saturated rings. The van der Waals surface area contributed by atoms with Crippen molar-refractivity contribution in [3.63, 3.8) is 0 Å². The summed E-state index contributed by atoms with van der Waals surface area (Å²) in [5, 5.41) is 12.4. The van der Waals surface area contributed by atoms with Gasteiger partial charge < -0.3 is 15.2 Å². The lowest BCUT2D eigenvalue weighted by Gasteiger charge is -2.11. The van der Waals surface area contributed by atoms with Crippen molar-refractivity contribution in [2.24, 2.45) is 0 Å². The summed E-state index contributed by atoms with van der Waals surface area (Å²) in [6.45, 7) is 2.63. The summed E-state index contributed by atoms with van der Waals surface area (Å²) >= 11 is 0. The molecule has 0 bridgehead atoms. The Morgan fingerprint density at radius 2 is 1.85 bits per heavy atom. The van der Waals surface area contributed by atoms with Gasteiger partial charge in [0.05, 0.1) is 0 Å². The Bertz CT molecular complexity index is 881. The van der Waals surface area contributed by atoms with Gasteiger partial charge in [-0.25, -0.2) is 14.8 Å². The summed E-state index contributed by atoms with van der Waals surface area (Å²) < 4.78 is 5.66. The fourth-order valence-electron chi connectivity index (χ4n) is 2.34. The summed E-state index contributed by atoms with van der Waals surface area (Å²) in [7, 11) is 0. The second kappa shape index (κ2) is 8.11. The highest BCUT2D eigenvalue weighted by Gasteiger charge is 2.14. The third-order valence-corrected chi connectivity index (χ3v) is 3.76. The van der Waals surface area contributed by atoms with Crippen LogP contribution in [-0.2, 0) is 13.2 Å². The van der Waals surface area contributed by atoms with E-state index in [1.54, 1.807) is 0 Å². The van der Waals surface area contributed by atoms with E-state index in [-0.39, 0.29) is 18.0 Å². The molecule has 3 aromatic rings. The number of aromatic nitrogens is 2. The lowest BCUT2D eigenvalue weighted by Crippen LogP contribution is -2.12. The molecule has 0 aliphatic heterocycles. The highest BCUT2D eigenvalue weighted by atomic mass is 16.5. The van der Waals surface area contributed by atoms with Gasteiger partial charge in [0.1, 0.15) is 23.7 Å². The number of hydrogen-bond donors (Lipinski definition) is 2. The van der Waals surface area contributed by atoms with Crippen LogP contribution in [-0.4, -0.2) is 21.0 Å².